The molecule has 3 rings (SSSR count). The molecular weight excluding hydrogens is 334 g/mol. The SMILES string of the molecule is Cc1cccc(Nc2nc(-c3cccc(C)c3)c(C#N)c(=S)s2)c1. The van der Waals surface area contributed by atoms with E-state index in [0.717, 1.165) is 22.4 Å². The van der Waals surface area contributed by atoms with Crippen LogP contribution in [0.5, 0.6) is 0 Å². The van der Waals surface area contributed by atoms with Crippen molar-refractivity contribution in [2.75, 3.05) is 5.32 Å². The fourth-order valence-electron chi connectivity index (χ4n) is 2.42. The van der Waals surface area contributed by atoms with Gasteiger partial charge in [0.05, 0.1) is 5.69 Å². The Labute approximate surface area is 150 Å². The zero-order valence-electron chi connectivity index (χ0n) is 13.3. The first-order valence-corrected chi connectivity index (χ1v) is 8.65. The van der Waals surface area contributed by atoms with E-state index in [2.05, 4.69) is 16.4 Å². The zero-order valence-corrected chi connectivity index (χ0v) is 15.0. The highest BCUT2D eigenvalue weighted by Gasteiger charge is 2.12. The van der Waals surface area contributed by atoms with Gasteiger partial charge in [0.1, 0.15) is 15.5 Å². The van der Waals surface area contributed by atoms with Crippen LogP contribution in [0, 0.1) is 29.0 Å². The summed E-state index contributed by atoms with van der Waals surface area (Å²) in [6.45, 7) is 4.05. The fraction of sp³-hybridized carbons (Fsp3) is 0.105. The molecule has 0 aliphatic heterocycles. The second-order valence-electron chi connectivity index (χ2n) is 5.51. The van der Waals surface area contributed by atoms with Crippen molar-refractivity contribution < 1.29 is 0 Å². The van der Waals surface area contributed by atoms with Crippen LogP contribution in [0.15, 0.2) is 48.5 Å². The van der Waals surface area contributed by atoms with E-state index in [-0.39, 0.29) is 0 Å². The Hall–Kier alpha value is -2.55. The molecule has 118 valence electrons. The number of anilines is 2. The molecule has 0 unspecified atom stereocenters. The molecule has 2 aromatic carbocycles. The predicted octanol–water partition coefficient (Wildman–Crippen LogP) is 5.77. The largest absolute Gasteiger partial charge is 0.331 e. The van der Waals surface area contributed by atoms with Gasteiger partial charge >= 0.3 is 0 Å². The molecule has 0 spiro atoms. The first-order chi connectivity index (χ1) is 11.6. The molecule has 0 radical (unpaired) electrons. The molecule has 0 atom stereocenters. The van der Waals surface area contributed by atoms with E-state index in [4.69, 9.17) is 12.2 Å². The molecular formula is C19H15N3S2. The maximum atomic E-state index is 9.48. The molecule has 3 nitrogen and oxygen atoms in total. The summed E-state index contributed by atoms with van der Waals surface area (Å²) in [4.78, 5) is 4.66. The average Bonchev–Trinajstić information content (AvgIpc) is 2.54. The third kappa shape index (κ3) is 3.51. The Morgan fingerprint density at radius 1 is 1.08 bits per heavy atom. The van der Waals surface area contributed by atoms with E-state index < -0.39 is 0 Å². The summed E-state index contributed by atoms with van der Waals surface area (Å²) in [5.74, 6) is 0. The van der Waals surface area contributed by atoms with E-state index in [1.54, 1.807) is 0 Å². The number of aromatic nitrogens is 1. The van der Waals surface area contributed by atoms with Crippen LogP contribution in [0.3, 0.4) is 0 Å². The van der Waals surface area contributed by atoms with Crippen LogP contribution in [-0.2, 0) is 0 Å². The average molecular weight is 349 g/mol. The maximum Gasteiger partial charge on any atom is 0.189 e. The minimum atomic E-state index is 0.454. The van der Waals surface area contributed by atoms with Crippen molar-refractivity contribution in [3.05, 3.63) is 69.0 Å². The van der Waals surface area contributed by atoms with Crippen molar-refractivity contribution in [3.8, 4) is 17.3 Å². The predicted molar refractivity (Wildman–Crippen MR) is 102 cm³/mol. The van der Waals surface area contributed by atoms with E-state index in [1.807, 2.05) is 62.4 Å². The second-order valence-corrected chi connectivity index (χ2v) is 7.17. The van der Waals surface area contributed by atoms with Gasteiger partial charge in [0, 0.05) is 11.3 Å². The lowest BCUT2D eigenvalue weighted by Gasteiger charge is -2.09. The summed E-state index contributed by atoms with van der Waals surface area (Å²) in [7, 11) is 0. The lowest BCUT2D eigenvalue weighted by molar-refractivity contribution is 1.32. The molecule has 1 heterocycles. The number of nitriles is 1. The zero-order chi connectivity index (χ0) is 17.1. The van der Waals surface area contributed by atoms with Crippen LogP contribution in [0.2, 0.25) is 0 Å². The van der Waals surface area contributed by atoms with Crippen molar-refractivity contribution in [3.63, 3.8) is 0 Å². The number of hydrogen-bond donors (Lipinski definition) is 1. The number of nitrogens with one attached hydrogen (secondary N) is 1. The van der Waals surface area contributed by atoms with Crippen molar-refractivity contribution >= 4 is 34.4 Å². The third-order valence-electron chi connectivity index (χ3n) is 3.52. The molecule has 1 aromatic heterocycles. The Morgan fingerprint density at radius 2 is 1.79 bits per heavy atom. The Morgan fingerprint density at radius 3 is 2.46 bits per heavy atom. The summed E-state index contributed by atoms with van der Waals surface area (Å²) in [5, 5.41) is 13.5. The van der Waals surface area contributed by atoms with Crippen LogP contribution in [0.4, 0.5) is 10.8 Å². The highest BCUT2D eigenvalue weighted by atomic mass is 32.1. The highest BCUT2D eigenvalue weighted by Crippen LogP contribution is 2.30. The number of nitrogens with zero attached hydrogens (tertiary/aromatic N) is 2. The van der Waals surface area contributed by atoms with Gasteiger partial charge in [-0.15, -0.1) is 0 Å². The molecule has 24 heavy (non-hydrogen) atoms. The van der Waals surface area contributed by atoms with Crippen LogP contribution in [0.1, 0.15) is 16.7 Å². The smallest absolute Gasteiger partial charge is 0.189 e. The number of benzene rings is 2. The van der Waals surface area contributed by atoms with Gasteiger partial charge in [0.2, 0.25) is 0 Å². The minimum Gasteiger partial charge on any atom is -0.331 e. The Bertz CT molecular complexity index is 1000. The summed E-state index contributed by atoms with van der Waals surface area (Å²) < 4.78 is 0.541. The van der Waals surface area contributed by atoms with Gasteiger partial charge in [-0.05, 0) is 37.6 Å². The molecule has 0 amide bonds. The molecule has 0 aliphatic carbocycles. The summed E-state index contributed by atoms with van der Waals surface area (Å²) in [6.07, 6.45) is 0. The van der Waals surface area contributed by atoms with Gasteiger partial charge in [0.25, 0.3) is 0 Å². The summed E-state index contributed by atoms with van der Waals surface area (Å²) in [5.41, 5.74) is 5.21. The third-order valence-corrected chi connectivity index (χ3v) is 4.75. The van der Waals surface area contributed by atoms with Gasteiger partial charge in [-0.3, -0.25) is 0 Å². The van der Waals surface area contributed by atoms with Crippen LogP contribution < -0.4 is 5.32 Å². The first kappa shape index (κ1) is 16.3. The van der Waals surface area contributed by atoms with Crippen LogP contribution in [-0.4, -0.2) is 4.98 Å². The van der Waals surface area contributed by atoms with Crippen molar-refractivity contribution in [1.29, 1.82) is 5.26 Å². The Kier molecular flexibility index (Phi) is 4.70. The fourth-order valence-corrected chi connectivity index (χ4v) is 3.52. The summed E-state index contributed by atoms with van der Waals surface area (Å²) in [6, 6.07) is 18.2. The first-order valence-electron chi connectivity index (χ1n) is 7.43. The monoisotopic (exact) mass is 349 g/mol. The van der Waals surface area contributed by atoms with E-state index in [9.17, 15) is 5.26 Å². The highest BCUT2D eigenvalue weighted by molar-refractivity contribution is 7.73. The number of hydrogen-bond acceptors (Lipinski definition) is 5. The molecule has 0 saturated carbocycles. The normalized spacial score (nSPS) is 10.2. The molecule has 0 aliphatic rings. The maximum absolute atomic E-state index is 9.48. The van der Waals surface area contributed by atoms with Gasteiger partial charge in [-0.25, -0.2) is 4.98 Å². The minimum absolute atomic E-state index is 0.454. The van der Waals surface area contributed by atoms with E-state index in [1.165, 1.54) is 11.3 Å². The van der Waals surface area contributed by atoms with Crippen LogP contribution >= 0.6 is 23.6 Å². The molecule has 3 aromatic rings. The van der Waals surface area contributed by atoms with Gasteiger partial charge in [-0.2, -0.15) is 5.26 Å². The van der Waals surface area contributed by atoms with Gasteiger partial charge in [-0.1, -0.05) is 59.4 Å². The Balaban J connectivity index is 2.10. The van der Waals surface area contributed by atoms with E-state index in [0.29, 0.717) is 20.2 Å². The van der Waals surface area contributed by atoms with E-state index >= 15 is 0 Å². The summed E-state index contributed by atoms with van der Waals surface area (Å²) >= 11 is 6.73. The standard InChI is InChI=1S/C19H15N3S2/c1-12-5-3-7-14(9-12)17-16(11-20)18(23)24-19(22-17)21-15-8-4-6-13(2)10-15/h3-10H,1-2H3,(H,21,22). The lowest BCUT2D eigenvalue weighted by Crippen LogP contribution is -1.97. The number of rotatable bonds is 3. The van der Waals surface area contributed by atoms with Crippen molar-refractivity contribution in [2.24, 2.45) is 0 Å². The van der Waals surface area contributed by atoms with Crippen LogP contribution in [0.25, 0.3) is 11.3 Å². The molecule has 0 saturated heterocycles. The van der Waals surface area contributed by atoms with Gasteiger partial charge < -0.3 is 5.32 Å². The molecule has 0 bridgehead atoms. The molecule has 1 N–H and O–H groups in total. The molecule has 0 fully saturated rings. The second kappa shape index (κ2) is 6.91. The quantitative estimate of drug-likeness (QED) is 0.610. The molecule has 5 heteroatoms. The van der Waals surface area contributed by atoms with Crippen molar-refractivity contribution in [2.45, 2.75) is 13.8 Å². The van der Waals surface area contributed by atoms with Gasteiger partial charge in [0.15, 0.2) is 5.13 Å². The number of aryl methyl sites for hydroxylation is 2. The van der Waals surface area contributed by atoms with Crippen molar-refractivity contribution in [1.82, 2.24) is 4.98 Å². The topological polar surface area (TPSA) is 48.7 Å². The lowest BCUT2D eigenvalue weighted by atomic mass is 10.1.